The van der Waals surface area contributed by atoms with Crippen LogP contribution in [0.4, 0.5) is 0 Å². The van der Waals surface area contributed by atoms with Crippen molar-refractivity contribution in [1.82, 2.24) is 9.97 Å². The fourth-order valence-electron chi connectivity index (χ4n) is 2.03. The van der Waals surface area contributed by atoms with Gasteiger partial charge in [-0.15, -0.1) is 11.3 Å². The van der Waals surface area contributed by atoms with Crippen molar-refractivity contribution in [2.45, 2.75) is 0 Å². The average Bonchev–Trinajstić information content (AvgIpc) is 3.01. The van der Waals surface area contributed by atoms with Gasteiger partial charge in [-0.25, -0.2) is 0 Å². The lowest BCUT2D eigenvalue weighted by atomic mass is 10.0. The molecule has 0 amide bonds. The van der Waals surface area contributed by atoms with E-state index in [1.165, 1.54) is 4.88 Å². The van der Waals surface area contributed by atoms with E-state index in [1.807, 2.05) is 42.6 Å². The molecule has 0 aromatic carbocycles. The molecular weight excluding hydrogens is 252 g/mol. The van der Waals surface area contributed by atoms with Crippen molar-refractivity contribution >= 4 is 17.4 Å². The summed E-state index contributed by atoms with van der Waals surface area (Å²) in [5, 5.41) is 2.07. The van der Waals surface area contributed by atoms with Crippen molar-refractivity contribution in [3.05, 3.63) is 66.3 Å². The van der Waals surface area contributed by atoms with Gasteiger partial charge in [-0.3, -0.25) is 9.97 Å². The quantitative estimate of drug-likeness (QED) is 0.695. The van der Waals surface area contributed by atoms with Crippen LogP contribution < -0.4 is 0 Å². The normalized spacial score (nSPS) is 10.3. The lowest BCUT2D eigenvalue weighted by Crippen LogP contribution is -1.92. The zero-order valence-electron chi connectivity index (χ0n) is 10.3. The molecule has 0 atom stereocenters. The second-order valence-corrected chi connectivity index (χ2v) is 4.96. The maximum Gasteiger partial charge on any atom is 0.0964 e. The number of rotatable bonds is 3. The van der Waals surface area contributed by atoms with Gasteiger partial charge >= 0.3 is 0 Å². The fourth-order valence-corrected chi connectivity index (χ4v) is 2.80. The van der Waals surface area contributed by atoms with Crippen LogP contribution in [0, 0.1) is 0 Å². The minimum Gasteiger partial charge on any atom is -0.255 e. The van der Waals surface area contributed by atoms with Crippen molar-refractivity contribution in [2.75, 3.05) is 0 Å². The highest BCUT2D eigenvalue weighted by atomic mass is 32.1. The Kier molecular flexibility index (Phi) is 3.21. The van der Waals surface area contributed by atoms with Crippen LogP contribution in [0.1, 0.15) is 5.56 Å². The largest absolute Gasteiger partial charge is 0.255 e. The molecule has 0 aliphatic rings. The second kappa shape index (κ2) is 5.16. The van der Waals surface area contributed by atoms with Crippen LogP contribution in [0.3, 0.4) is 0 Å². The van der Waals surface area contributed by atoms with Crippen LogP contribution in [0.25, 0.3) is 27.9 Å². The van der Waals surface area contributed by atoms with Crippen LogP contribution in [-0.4, -0.2) is 9.97 Å². The third-order valence-electron chi connectivity index (χ3n) is 2.89. The maximum absolute atomic E-state index is 4.46. The van der Waals surface area contributed by atoms with E-state index in [4.69, 9.17) is 0 Å². The van der Waals surface area contributed by atoms with E-state index in [0.29, 0.717) is 0 Å². The highest BCUT2D eigenvalue weighted by Crippen LogP contribution is 2.33. The Bertz CT molecular complexity index is 688. The van der Waals surface area contributed by atoms with Crippen molar-refractivity contribution < 1.29 is 0 Å². The molecule has 0 saturated carbocycles. The Hall–Kier alpha value is -2.26. The summed E-state index contributed by atoms with van der Waals surface area (Å²) in [5.41, 5.74) is 3.93. The third kappa shape index (κ3) is 2.20. The van der Waals surface area contributed by atoms with Crippen molar-refractivity contribution in [3.8, 4) is 21.8 Å². The monoisotopic (exact) mass is 264 g/mol. The SMILES string of the molecule is C=Cc1c(-c2cccs2)ccnc1-c1ccccn1. The van der Waals surface area contributed by atoms with E-state index in [9.17, 15) is 0 Å². The van der Waals surface area contributed by atoms with E-state index < -0.39 is 0 Å². The van der Waals surface area contributed by atoms with Crippen molar-refractivity contribution in [2.24, 2.45) is 0 Å². The van der Waals surface area contributed by atoms with E-state index in [-0.39, 0.29) is 0 Å². The molecule has 3 heteroatoms. The number of hydrogen-bond donors (Lipinski definition) is 0. The van der Waals surface area contributed by atoms with Gasteiger partial charge in [-0.05, 0) is 29.6 Å². The molecule has 0 fully saturated rings. The van der Waals surface area contributed by atoms with Crippen molar-refractivity contribution in [1.29, 1.82) is 0 Å². The van der Waals surface area contributed by atoms with Gasteiger partial charge in [0, 0.05) is 28.4 Å². The Morgan fingerprint density at radius 3 is 2.63 bits per heavy atom. The first kappa shape index (κ1) is 11.8. The predicted octanol–water partition coefficient (Wildman–Crippen LogP) is 4.52. The molecule has 2 nitrogen and oxygen atoms in total. The number of aromatic nitrogens is 2. The number of pyridine rings is 2. The van der Waals surface area contributed by atoms with Gasteiger partial charge in [0.05, 0.1) is 11.4 Å². The van der Waals surface area contributed by atoms with Crippen LogP contribution in [0.5, 0.6) is 0 Å². The molecule has 92 valence electrons. The first-order chi connectivity index (χ1) is 9.40. The van der Waals surface area contributed by atoms with Crippen LogP contribution in [0.15, 0.2) is 60.8 Å². The first-order valence-electron chi connectivity index (χ1n) is 5.97. The highest BCUT2D eigenvalue weighted by Gasteiger charge is 2.11. The van der Waals surface area contributed by atoms with Gasteiger partial charge in [0.15, 0.2) is 0 Å². The molecule has 3 heterocycles. The van der Waals surface area contributed by atoms with E-state index in [1.54, 1.807) is 17.5 Å². The molecule has 0 unspecified atom stereocenters. The molecule has 0 bridgehead atoms. The van der Waals surface area contributed by atoms with Gasteiger partial charge in [0.25, 0.3) is 0 Å². The highest BCUT2D eigenvalue weighted by molar-refractivity contribution is 7.13. The second-order valence-electron chi connectivity index (χ2n) is 4.02. The Morgan fingerprint density at radius 1 is 1.00 bits per heavy atom. The Balaban J connectivity index is 2.22. The molecule has 0 aliphatic carbocycles. The molecule has 0 saturated heterocycles. The van der Waals surface area contributed by atoms with Gasteiger partial charge in [-0.2, -0.15) is 0 Å². The molecule has 0 radical (unpaired) electrons. The third-order valence-corrected chi connectivity index (χ3v) is 3.79. The lowest BCUT2D eigenvalue weighted by Gasteiger charge is -2.09. The Labute approximate surface area is 116 Å². The summed E-state index contributed by atoms with van der Waals surface area (Å²) < 4.78 is 0. The van der Waals surface area contributed by atoms with Gasteiger partial charge < -0.3 is 0 Å². The topological polar surface area (TPSA) is 25.8 Å². The molecule has 19 heavy (non-hydrogen) atoms. The summed E-state index contributed by atoms with van der Waals surface area (Å²) in [4.78, 5) is 10.1. The standard InChI is InChI=1S/C16H12N2S/c1-2-12-13(15-7-5-11-19-15)8-10-18-16(12)14-6-3-4-9-17-14/h2-11H,1H2. The summed E-state index contributed by atoms with van der Waals surface area (Å²) in [6.45, 7) is 3.92. The summed E-state index contributed by atoms with van der Waals surface area (Å²) in [7, 11) is 0. The number of hydrogen-bond acceptors (Lipinski definition) is 3. The lowest BCUT2D eigenvalue weighted by molar-refractivity contribution is 1.24. The molecule has 3 rings (SSSR count). The fraction of sp³-hybridized carbons (Fsp3) is 0. The number of nitrogens with zero attached hydrogens (tertiary/aromatic N) is 2. The molecule has 0 spiro atoms. The van der Waals surface area contributed by atoms with Crippen LogP contribution in [-0.2, 0) is 0 Å². The molecule has 0 aliphatic heterocycles. The number of thiophene rings is 1. The summed E-state index contributed by atoms with van der Waals surface area (Å²) in [5.74, 6) is 0. The zero-order chi connectivity index (χ0) is 13.1. The minimum atomic E-state index is 0.871. The molecular formula is C16H12N2S. The summed E-state index contributed by atoms with van der Waals surface area (Å²) in [6.07, 6.45) is 5.46. The maximum atomic E-state index is 4.46. The smallest absolute Gasteiger partial charge is 0.0964 e. The van der Waals surface area contributed by atoms with Gasteiger partial charge in [0.1, 0.15) is 0 Å². The average molecular weight is 264 g/mol. The molecule has 0 N–H and O–H groups in total. The van der Waals surface area contributed by atoms with E-state index >= 15 is 0 Å². The van der Waals surface area contributed by atoms with Gasteiger partial charge in [0.2, 0.25) is 0 Å². The predicted molar refractivity (Wildman–Crippen MR) is 80.9 cm³/mol. The first-order valence-corrected chi connectivity index (χ1v) is 6.85. The summed E-state index contributed by atoms with van der Waals surface area (Å²) in [6, 6.07) is 12.0. The minimum absolute atomic E-state index is 0.871. The van der Waals surface area contributed by atoms with E-state index in [2.05, 4.69) is 28.0 Å². The summed E-state index contributed by atoms with van der Waals surface area (Å²) >= 11 is 1.71. The van der Waals surface area contributed by atoms with Gasteiger partial charge in [-0.1, -0.05) is 24.8 Å². The van der Waals surface area contributed by atoms with Crippen LogP contribution >= 0.6 is 11.3 Å². The molecule has 3 aromatic heterocycles. The molecule has 3 aromatic rings. The Morgan fingerprint density at radius 2 is 1.95 bits per heavy atom. The van der Waals surface area contributed by atoms with Crippen molar-refractivity contribution in [3.63, 3.8) is 0 Å². The van der Waals surface area contributed by atoms with Crippen LogP contribution in [0.2, 0.25) is 0 Å². The zero-order valence-corrected chi connectivity index (χ0v) is 11.1. The van der Waals surface area contributed by atoms with E-state index in [0.717, 1.165) is 22.5 Å².